The van der Waals surface area contributed by atoms with Crippen LogP contribution < -0.4 is 0 Å². The van der Waals surface area contributed by atoms with E-state index in [1.54, 1.807) is 0 Å². The van der Waals surface area contributed by atoms with Gasteiger partial charge in [0.1, 0.15) is 0 Å². The second-order valence-electron chi connectivity index (χ2n) is 5.84. The molecule has 23 heavy (non-hydrogen) atoms. The van der Waals surface area contributed by atoms with Gasteiger partial charge in [-0.05, 0) is 52.4 Å². The minimum atomic E-state index is -2.42. The summed E-state index contributed by atoms with van der Waals surface area (Å²) in [6.45, 7) is 8.08. The third kappa shape index (κ3) is 9.75. The molecule has 1 fully saturated rings. The number of rotatable bonds is 14. The van der Waals surface area contributed by atoms with Crippen molar-refractivity contribution in [1.82, 2.24) is 0 Å². The molecule has 0 aromatic carbocycles. The SMILES string of the molecule is CCO[Si](CCCSSCCC1C[CH]CCC1)(OCC)OCC. The fraction of sp³-hybridized carbons (Fsp3) is 0.941. The van der Waals surface area contributed by atoms with Crippen molar-refractivity contribution < 1.29 is 13.3 Å². The topological polar surface area (TPSA) is 27.7 Å². The maximum Gasteiger partial charge on any atom is 0.500 e. The van der Waals surface area contributed by atoms with Crippen LogP contribution in [0.15, 0.2) is 0 Å². The standard InChI is InChI=1S/C17H35O3S2Si/c1-4-18-23(19-5-2,20-6-3)16-10-14-21-22-15-13-17-11-8-7-9-12-17/h8,17H,4-7,9-16H2,1-3H3. The van der Waals surface area contributed by atoms with Gasteiger partial charge in [-0.3, -0.25) is 0 Å². The van der Waals surface area contributed by atoms with Gasteiger partial charge in [0.15, 0.2) is 0 Å². The molecule has 1 aliphatic carbocycles. The highest BCUT2D eigenvalue weighted by Crippen LogP contribution is 2.31. The van der Waals surface area contributed by atoms with Gasteiger partial charge in [0.05, 0.1) is 0 Å². The highest BCUT2D eigenvalue weighted by molar-refractivity contribution is 8.76. The lowest BCUT2D eigenvalue weighted by molar-refractivity contribution is 0.0712. The second-order valence-corrected chi connectivity index (χ2v) is 11.3. The van der Waals surface area contributed by atoms with E-state index in [0.717, 1.165) is 24.1 Å². The molecular formula is C17H35O3S2Si. The van der Waals surface area contributed by atoms with Gasteiger partial charge in [-0.25, -0.2) is 0 Å². The highest BCUT2D eigenvalue weighted by Gasteiger charge is 2.39. The first-order valence-corrected chi connectivity index (χ1v) is 13.7. The molecule has 1 atom stereocenters. The van der Waals surface area contributed by atoms with Crippen LogP contribution in [0.25, 0.3) is 0 Å². The summed E-state index contributed by atoms with van der Waals surface area (Å²) < 4.78 is 17.7. The van der Waals surface area contributed by atoms with Crippen LogP contribution in [0.5, 0.6) is 0 Å². The second kappa shape index (κ2) is 14.0. The molecule has 1 rings (SSSR count). The predicted octanol–water partition coefficient (Wildman–Crippen LogP) is 5.59. The van der Waals surface area contributed by atoms with Gasteiger partial charge >= 0.3 is 8.80 Å². The van der Waals surface area contributed by atoms with E-state index >= 15 is 0 Å². The third-order valence-corrected chi connectivity index (χ3v) is 9.69. The van der Waals surface area contributed by atoms with Crippen LogP contribution in [0, 0.1) is 12.3 Å². The van der Waals surface area contributed by atoms with Crippen LogP contribution in [0.1, 0.15) is 59.3 Å². The molecule has 3 nitrogen and oxygen atoms in total. The lowest BCUT2D eigenvalue weighted by atomic mass is 9.88. The van der Waals surface area contributed by atoms with Crippen molar-refractivity contribution in [2.45, 2.75) is 65.3 Å². The van der Waals surface area contributed by atoms with Crippen molar-refractivity contribution in [2.24, 2.45) is 5.92 Å². The number of hydrogen-bond acceptors (Lipinski definition) is 5. The molecule has 0 amide bonds. The first-order chi connectivity index (χ1) is 11.3. The van der Waals surface area contributed by atoms with Crippen LogP contribution in [0.4, 0.5) is 0 Å². The van der Waals surface area contributed by atoms with E-state index in [0.29, 0.717) is 19.8 Å². The van der Waals surface area contributed by atoms with Crippen LogP contribution in [0.2, 0.25) is 6.04 Å². The molecule has 0 spiro atoms. The fourth-order valence-corrected chi connectivity index (χ4v) is 8.11. The van der Waals surface area contributed by atoms with E-state index in [1.165, 1.54) is 37.9 Å². The zero-order valence-electron chi connectivity index (χ0n) is 15.2. The van der Waals surface area contributed by atoms with E-state index in [9.17, 15) is 0 Å². The van der Waals surface area contributed by atoms with E-state index < -0.39 is 8.80 Å². The van der Waals surface area contributed by atoms with Gasteiger partial charge in [-0.1, -0.05) is 40.9 Å². The van der Waals surface area contributed by atoms with Crippen LogP contribution in [-0.4, -0.2) is 40.1 Å². The maximum absolute atomic E-state index is 5.89. The predicted molar refractivity (Wildman–Crippen MR) is 106 cm³/mol. The first-order valence-electron chi connectivity index (χ1n) is 9.24. The molecule has 1 radical (unpaired) electrons. The molecule has 1 saturated carbocycles. The Morgan fingerprint density at radius 1 is 1.00 bits per heavy atom. The van der Waals surface area contributed by atoms with E-state index in [4.69, 9.17) is 13.3 Å². The normalized spacial score (nSPS) is 16.8. The van der Waals surface area contributed by atoms with Crippen molar-refractivity contribution in [1.29, 1.82) is 0 Å². The molecule has 0 aliphatic heterocycles. The Morgan fingerprint density at radius 2 is 1.65 bits per heavy atom. The summed E-state index contributed by atoms with van der Waals surface area (Å²) in [6.07, 6.45) is 10.5. The lowest BCUT2D eigenvalue weighted by Gasteiger charge is -2.28. The van der Waals surface area contributed by atoms with Crippen molar-refractivity contribution in [2.75, 3.05) is 31.3 Å². The Hall–Kier alpha value is 0.797. The van der Waals surface area contributed by atoms with Gasteiger partial charge in [-0.15, -0.1) is 0 Å². The van der Waals surface area contributed by atoms with Gasteiger partial charge < -0.3 is 13.3 Å². The van der Waals surface area contributed by atoms with E-state index in [-0.39, 0.29) is 0 Å². The highest BCUT2D eigenvalue weighted by atomic mass is 33.1. The van der Waals surface area contributed by atoms with Crippen LogP contribution in [0.3, 0.4) is 0 Å². The zero-order chi connectivity index (χ0) is 16.8. The van der Waals surface area contributed by atoms with E-state index in [2.05, 4.69) is 6.42 Å². The fourth-order valence-electron chi connectivity index (χ4n) is 2.97. The van der Waals surface area contributed by atoms with Crippen LogP contribution in [-0.2, 0) is 13.3 Å². The van der Waals surface area contributed by atoms with Crippen LogP contribution >= 0.6 is 21.6 Å². The Balaban J connectivity index is 2.10. The van der Waals surface area contributed by atoms with Gasteiger partial charge in [-0.2, -0.15) is 0 Å². The summed E-state index contributed by atoms with van der Waals surface area (Å²) in [5, 5.41) is 0. The molecule has 0 heterocycles. The molecule has 1 unspecified atom stereocenters. The van der Waals surface area contributed by atoms with Crippen molar-refractivity contribution in [3.05, 3.63) is 6.42 Å². The molecule has 0 N–H and O–H groups in total. The van der Waals surface area contributed by atoms with Crippen molar-refractivity contribution in [3.63, 3.8) is 0 Å². The maximum atomic E-state index is 5.89. The quantitative estimate of drug-likeness (QED) is 0.223. The monoisotopic (exact) mass is 379 g/mol. The molecule has 0 saturated heterocycles. The molecule has 6 heteroatoms. The van der Waals surface area contributed by atoms with Gasteiger partial charge in [0.25, 0.3) is 0 Å². The van der Waals surface area contributed by atoms with Gasteiger partial charge in [0.2, 0.25) is 0 Å². The smallest absolute Gasteiger partial charge is 0.374 e. The summed E-state index contributed by atoms with van der Waals surface area (Å²) in [5.41, 5.74) is 0. The average molecular weight is 380 g/mol. The molecule has 0 aromatic heterocycles. The minimum Gasteiger partial charge on any atom is -0.374 e. The zero-order valence-corrected chi connectivity index (χ0v) is 17.8. The summed E-state index contributed by atoms with van der Waals surface area (Å²) in [7, 11) is 1.61. The Morgan fingerprint density at radius 3 is 2.22 bits per heavy atom. The molecular weight excluding hydrogens is 344 g/mol. The summed E-state index contributed by atoms with van der Waals surface area (Å²) in [6, 6.07) is 0.938. The molecule has 1 aliphatic rings. The van der Waals surface area contributed by atoms with Crippen molar-refractivity contribution in [3.8, 4) is 0 Å². The Kier molecular flexibility index (Phi) is 13.3. The van der Waals surface area contributed by atoms with Gasteiger partial charge in [0, 0.05) is 37.4 Å². The lowest BCUT2D eigenvalue weighted by Crippen LogP contribution is -2.46. The molecule has 0 aromatic rings. The summed E-state index contributed by atoms with van der Waals surface area (Å²) >= 11 is 0. The molecule has 0 bridgehead atoms. The summed E-state index contributed by atoms with van der Waals surface area (Å²) in [5.74, 6) is 3.39. The largest absolute Gasteiger partial charge is 0.500 e. The minimum absolute atomic E-state index is 0.673. The van der Waals surface area contributed by atoms with E-state index in [1.807, 2.05) is 42.4 Å². The average Bonchev–Trinajstić information content (AvgIpc) is 2.56. The Bertz CT molecular complexity index is 260. The Labute approximate surface area is 152 Å². The first kappa shape index (κ1) is 21.8. The van der Waals surface area contributed by atoms with Crippen molar-refractivity contribution >= 4 is 30.4 Å². The molecule has 137 valence electrons. The third-order valence-electron chi connectivity index (χ3n) is 4.02. The summed E-state index contributed by atoms with van der Waals surface area (Å²) in [4.78, 5) is 0. The number of hydrogen-bond donors (Lipinski definition) is 0.